The molecule has 13 N–H and O–H groups in total. The summed E-state index contributed by atoms with van der Waals surface area (Å²) in [5.41, 5.74) is 0. The Kier molecular flexibility index (Phi) is 13.6. The number of carbonyl (C=O) groups is 3. The highest BCUT2D eigenvalue weighted by Gasteiger charge is 2.61. The lowest BCUT2D eigenvalue weighted by atomic mass is 9.90. The molecule has 3 aliphatic heterocycles. The highest BCUT2D eigenvalue weighted by atomic mass is 16.8. The van der Waals surface area contributed by atoms with Crippen LogP contribution in [0.2, 0.25) is 0 Å². The smallest absolute Gasteiger partial charge is 0.364 e. The van der Waals surface area contributed by atoms with Crippen molar-refractivity contribution in [3.8, 4) is 0 Å². The fourth-order valence-corrected chi connectivity index (χ4v) is 5.68. The zero-order valence-corrected chi connectivity index (χ0v) is 25.7. The van der Waals surface area contributed by atoms with Crippen molar-refractivity contribution in [1.29, 1.82) is 0 Å². The number of aliphatic hydroxyl groups is 10. The molecule has 0 unspecified atom stereocenters. The van der Waals surface area contributed by atoms with Crippen molar-refractivity contribution in [2.45, 2.75) is 110 Å². The van der Waals surface area contributed by atoms with Crippen LogP contribution in [0.3, 0.4) is 0 Å². The molecule has 3 heterocycles. The summed E-state index contributed by atoms with van der Waals surface area (Å²) in [4.78, 5) is 37.1. The van der Waals surface area contributed by atoms with E-state index in [9.17, 15) is 80.8 Å². The van der Waals surface area contributed by atoms with Crippen molar-refractivity contribution in [1.82, 2.24) is 0 Å². The first kappa shape index (κ1) is 40.9. The Balaban J connectivity index is 1.92. The normalized spacial score (nSPS) is 41.7. The summed E-state index contributed by atoms with van der Waals surface area (Å²) in [6.07, 6.45) is -26.4. The number of carboxylic acids is 3. The number of rotatable bonds is 16. The van der Waals surface area contributed by atoms with E-state index in [1.165, 1.54) is 0 Å². The van der Waals surface area contributed by atoms with Gasteiger partial charge in [0.05, 0.1) is 44.7 Å². The third kappa shape index (κ3) is 8.36. The highest BCUT2D eigenvalue weighted by Crippen LogP contribution is 2.41. The Hall–Kier alpha value is -2.49. The molecular weight excluding hydrogens is 676 g/mol. The summed E-state index contributed by atoms with van der Waals surface area (Å²) in [5, 5.41) is 133. The van der Waals surface area contributed by atoms with Crippen LogP contribution in [0.25, 0.3) is 0 Å². The minimum Gasteiger partial charge on any atom is -0.477 e. The molecule has 0 aliphatic carbocycles. The lowest BCUT2D eigenvalue weighted by Crippen LogP contribution is -2.68. The van der Waals surface area contributed by atoms with Crippen LogP contribution < -0.4 is 0 Å². The van der Waals surface area contributed by atoms with Gasteiger partial charge in [-0.1, -0.05) is 6.08 Å². The van der Waals surface area contributed by atoms with E-state index in [0.717, 1.165) is 6.08 Å². The maximum absolute atomic E-state index is 12.6. The van der Waals surface area contributed by atoms with E-state index in [4.69, 9.17) is 28.4 Å². The molecule has 0 aromatic rings. The molecule has 0 aromatic carbocycles. The van der Waals surface area contributed by atoms with E-state index < -0.39 is 154 Å². The number of aliphatic carboxylic acids is 3. The van der Waals surface area contributed by atoms with Gasteiger partial charge in [0.1, 0.15) is 54.9 Å². The number of aliphatic hydroxyl groups excluding tert-OH is 10. The van der Waals surface area contributed by atoms with Gasteiger partial charge in [0, 0.05) is 19.3 Å². The molecular formula is C27H42O22. The number of hydrogen-bond donors (Lipinski definition) is 13. The highest BCUT2D eigenvalue weighted by molar-refractivity contribution is 5.77. The molecule has 0 aromatic heterocycles. The Morgan fingerprint density at radius 1 is 0.673 bits per heavy atom. The van der Waals surface area contributed by atoms with Crippen molar-refractivity contribution >= 4 is 17.9 Å². The Labute approximate surface area is 276 Å². The number of carboxylic acid groups (broad SMARTS) is 3. The van der Waals surface area contributed by atoms with Crippen molar-refractivity contribution in [3.05, 3.63) is 12.7 Å². The maximum atomic E-state index is 12.6. The van der Waals surface area contributed by atoms with Crippen molar-refractivity contribution in [2.75, 3.05) is 26.4 Å². The zero-order chi connectivity index (χ0) is 37.1. The van der Waals surface area contributed by atoms with Gasteiger partial charge in [-0.2, -0.15) is 0 Å². The topological polar surface area (TPSA) is 370 Å². The fraction of sp³-hybridized carbons (Fsp3) is 0.815. The summed E-state index contributed by atoms with van der Waals surface area (Å²) < 4.78 is 32.0. The lowest BCUT2D eigenvalue weighted by molar-refractivity contribution is -0.375. The first-order valence-corrected chi connectivity index (χ1v) is 14.8. The molecule has 0 saturated carbocycles. The van der Waals surface area contributed by atoms with Gasteiger partial charge in [-0.15, -0.1) is 6.58 Å². The number of ether oxygens (including phenoxy) is 6. The van der Waals surface area contributed by atoms with Gasteiger partial charge >= 0.3 is 17.9 Å². The van der Waals surface area contributed by atoms with Crippen LogP contribution in [0, 0.1) is 0 Å². The Bertz CT molecular complexity index is 1170. The van der Waals surface area contributed by atoms with Crippen molar-refractivity contribution < 1.29 is 109 Å². The monoisotopic (exact) mass is 718 g/mol. The van der Waals surface area contributed by atoms with E-state index in [-0.39, 0.29) is 0 Å². The second-order valence-electron chi connectivity index (χ2n) is 11.8. The van der Waals surface area contributed by atoms with Crippen LogP contribution in [-0.2, 0) is 42.8 Å². The molecule has 0 spiro atoms. The van der Waals surface area contributed by atoms with Crippen LogP contribution in [0.15, 0.2) is 12.7 Å². The van der Waals surface area contributed by atoms with Crippen LogP contribution in [0.5, 0.6) is 0 Å². The molecule has 3 saturated heterocycles. The van der Waals surface area contributed by atoms with Gasteiger partial charge in [0.25, 0.3) is 17.4 Å². The third-order valence-electron chi connectivity index (χ3n) is 8.34. The average molecular weight is 719 g/mol. The average Bonchev–Trinajstić information content (AvgIpc) is 3.05. The van der Waals surface area contributed by atoms with Crippen LogP contribution >= 0.6 is 0 Å². The van der Waals surface area contributed by atoms with Gasteiger partial charge in [0.2, 0.25) is 0 Å². The van der Waals surface area contributed by atoms with Gasteiger partial charge in [-0.25, -0.2) is 14.4 Å². The van der Waals surface area contributed by atoms with Gasteiger partial charge in [-0.05, 0) is 0 Å². The summed E-state index contributed by atoms with van der Waals surface area (Å²) in [6.45, 7) is -0.443. The fourth-order valence-electron chi connectivity index (χ4n) is 5.68. The van der Waals surface area contributed by atoms with Crippen molar-refractivity contribution in [2.24, 2.45) is 0 Å². The summed E-state index contributed by atoms with van der Waals surface area (Å²) in [7, 11) is 0. The molecule has 49 heavy (non-hydrogen) atoms. The van der Waals surface area contributed by atoms with E-state index in [1.54, 1.807) is 0 Å². The maximum Gasteiger partial charge on any atom is 0.364 e. The molecule has 0 amide bonds. The molecule has 0 radical (unpaired) electrons. The van der Waals surface area contributed by atoms with E-state index >= 15 is 0 Å². The summed E-state index contributed by atoms with van der Waals surface area (Å²) >= 11 is 0. The van der Waals surface area contributed by atoms with Crippen LogP contribution in [0.4, 0.5) is 0 Å². The SMILES string of the molecule is C=CCO[C@]1(C(=O)O)C[C@@H](O[C@]2(C(=O)O)C[C@@H](O)[C@@H](O)[C@@H]([C@H](O)CO[C@]3(C(=O)O)C[C@@H](O)[C@@H](O)[C@@H]([C@H](O)CO)O3)O2)[C@@H](O)[C@@H]([C@H](O)CO)O1. The Morgan fingerprint density at radius 2 is 1.08 bits per heavy atom. The molecule has 0 bridgehead atoms. The van der Waals surface area contributed by atoms with Crippen molar-refractivity contribution in [3.63, 3.8) is 0 Å². The largest absolute Gasteiger partial charge is 0.477 e. The summed E-state index contributed by atoms with van der Waals surface area (Å²) in [6, 6.07) is 0. The van der Waals surface area contributed by atoms with Gasteiger partial charge in [0.15, 0.2) is 0 Å². The molecule has 15 atom stereocenters. The Morgan fingerprint density at radius 3 is 1.53 bits per heavy atom. The second-order valence-corrected chi connectivity index (χ2v) is 11.8. The molecule has 3 fully saturated rings. The lowest BCUT2D eigenvalue weighted by Gasteiger charge is -2.49. The third-order valence-corrected chi connectivity index (χ3v) is 8.34. The molecule has 3 aliphatic rings. The minimum absolute atomic E-state index is 0.478. The second kappa shape index (κ2) is 16.2. The predicted molar refractivity (Wildman–Crippen MR) is 149 cm³/mol. The van der Waals surface area contributed by atoms with Gasteiger partial charge < -0.3 is 94.8 Å². The molecule has 22 nitrogen and oxygen atoms in total. The first-order chi connectivity index (χ1) is 22.8. The molecule has 3 rings (SSSR count). The zero-order valence-electron chi connectivity index (χ0n) is 25.7. The first-order valence-electron chi connectivity index (χ1n) is 14.8. The predicted octanol–water partition coefficient (Wildman–Crippen LogP) is -6.83. The number of hydrogen-bond acceptors (Lipinski definition) is 19. The van der Waals surface area contributed by atoms with E-state index in [1.807, 2.05) is 0 Å². The minimum atomic E-state index is -3.12. The summed E-state index contributed by atoms with van der Waals surface area (Å²) in [5.74, 6) is -14.6. The van der Waals surface area contributed by atoms with Gasteiger partial charge in [-0.3, -0.25) is 0 Å². The van der Waals surface area contributed by atoms with E-state index in [2.05, 4.69) is 6.58 Å². The molecule has 22 heteroatoms. The quantitative estimate of drug-likeness (QED) is 0.0659. The standard InChI is InChI=1S/C27H42O22/c1-2-3-44-26(23(40)41)6-15(18(37)20(48-26)13(33)8-29)46-27(24(42)43)5-11(31)17(36)21(49-27)14(34)9-45-25(22(38)39)4-10(30)16(35)19(47-25)12(32)7-28/h2,10-21,28-37H,1,3-9H2,(H,38,39)(H,40,41)(H,42,43)/t10-,11-,12-,13-,14-,15-,16-,17-,18-,19-,20-,21-,25-,26-,27-/m1/s1. The van der Waals surface area contributed by atoms with Crippen LogP contribution in [0.1, 0.15) is 19.3 Å². The van der Waals surface area contributed by atoms with Crippen LogP contribution in [-0.4, -0.2) is 201 Å². The molecule has 282 valence electrons. The van der Waals surface area contributed by atoms with E-state index in [0.29, 0.717) is 0 Å².